The van der Waals surface area contributed by atoms with Crippen LogP contribution in [0.15, 0.2) is 64.9 Å². The largest absolute Gasteiger partial charge is 0.358 e. The Morgan fingerprint density at radius 2 is 1.89 bits per heavy atom. The smallest absolute Gasteiger partial charge is 0.252 e. The van der Waals surface area contributed by atoms with Crippen molar-refractivity contribution in [2.24, 2.45) is 0 Å². The molecule has 148 valence electrons. The van der Waals surface area contributed by atoms with E-state index in [0.29, 0.717) is 10.7 Å². The number of H-pyrrole nitrogens is 1. The van der Waals surface area contributed by atoms with E-state index in [9.17, 15) is 8.42 Å². The molecule has 0 aliphatic carbocycles. The van der Waals surface area contributed by atoms with Gasteiger partial charge in [-0.15, -0.1) is 6.58 Å². The van der Waals surface area contributed by atoms with Crippen LogP contribution in [0.2, 0.25) is 5.02 Å². The summed E-state index contributed by atoms with van der Waals surface area (Å²) in [6.07, 6.45) is 1.41. The number of hydrogen-bond acceptors (Lipinski definition) is 4. The summed E-state index contributed by atoms with van der Waals surface area (Å²) in [5.41, 5.74) is 2.37. The Morgan fingerprint density at radius 1 is 1.21 bits per heavy atom. The summed E-state index contributed by atoms with van der Waals surface area (Å²) in [4.78, 5) is 6.92. The summed E-state index contributed by atoms with van der Waals surface area (Å²) in [5.74, 6) is 0. The predicted octanol–water partition coefficient (Wildman–Crippen LogP) is 5.10. The number of nitrogens with zero attached hydrogens (tertiary/aromatic N) is 1. The summed E-state index contributed by atoms with van der Waals surface area (Å²) in [7, 11) is -0.279. The fourth-order valence-electron chi connectivity index (χ4n) is 3.01. The molecule has 3 aromatic rings. The standard InChI is InChI=1S/C20H22ClN3O2S2/c1-5-18(24(3)4)28(25,26)23-17-8-6-7-16-19(17)20(13(2)22-16)27-15-11-9-14(21)10-12-15/h5-12,18,22-23H,1H2,2-4H3. The van der Waals surface area contributed by atoms with Crippen molar-refractivity contribution in [1.29, 1.82) is 0 Å². The Hall–Kier alpha value is -1.93. The first-order valence-electron chi connectivity index (χ1n) is 8.58. The molecule has 0 fully saturated rings. The predicted molar refractivity (Wildman–Crippen MR) is 119 cm³/mol. The molecule has 0 saturated heterocycles. The van der Waals surface area contributed by atoms with E-state index in [1.54, 1.807) is 36.8 Å². The number of anilines is 1. The molecule has 0 amide bonds. The van der Waals surface area contributed by atoms with Gasteiger partial charge in [0.1, 0.15) is 5.37 Å². The maximum Gasteiger partial charge on any atom is 0.252 e. The minimum absolute atomic E-state index is 0.534. The summed E-state index contributed by atoms with van der Waals surface area (Å²) in [6, 6.07) is 13.1. The van der Waals surface area contributed by atoms with Gasteiger partial charge in [0.15, 0.2) is 0 Å². The van der Waals surface area contributed by atoms with Crippen molar-refractivity contribution in [1.82, 2.24) is 9.88 Å². The Bertz CT molecular complexity index is 1110. The zero-order chi connectivity index (χ0) is 20.5. The van der Waals surface area contributed by atoms with Crippen LogP contribution in [-0.2, 0) is 10.0 Å². The Labute approximate surface area is 174 Å². The van der Waals surface area contributed by atoms with Crippen molar-refractivity contribution < 1.29 is 8.42 Å². The number of halogens is 1. The molecule has 5 nitrogen and oxygen atoms in total. The number of fused-ring (bicyclic) bond motifs is 1. The van der Waals surface area contributed by atoms with Crippen molar-refractivity contribution in [3.8, 4) is 0 Å². The third-order valence-corrected chi connectivity index (χ3v) is 7.50. The number of aromatic nitrogens is 1. The third kappa shape index (κ3) is 4.22. The molecule has 28 heavy (non-hydrogen) atoms. The summed E-state index contributed by atoms with van der Waals surface area (Å²) in [6.45, 7) is 5.63. The van der Waals surface area contributed by atoms with E-state index < -0.39 is 15.4 Å². The van der Waals surface area contributed by atoms with Gasteiger partial charge in [-0.3, -0.25) is 9.62 Å². The van der Waals surface area contributed by atoms with E-state index in [1.807, 2.05) is 43.3 Å². The van der Waals surface area contributed by atoms with Gasteiger partial charge in [0, 0.05) is 31.4 Å². The topological polar surface area (TPSA) is 65.2 Å². The highest BCUT2D eigenvalue weighted by molar-refractivity contribution is 7.99. The van der Waals surface area contributed by atoms with Crippen LogP contribution in [0.3, 0.4) is 0 Å². The van der Waals surface area contributed by atoms with Gasteiger partial charge in [0.05, 0.1) is 5.69 Å². The number of aryl methyl sites for hydroxylation is 1. The molecule has 0 aliphatic rings. The van der Waals surface area contributed by atoms with Crippen LogP contribution in [0, 0.1) is 6.92 Å². The second-order valence-corrected chi connectivity index (χ2v) is 9.90. The van der Waals surface area contributed by atoms with E-state index in [0.717, 1.165) is 26.4 Å². The van der Waals surface area contributed by atoms with Gasteiger partial charge in [-0.1, -0.05) is 35.5 Å². The Morgan fingerprint density at radius 3 is 2.50 bits per heavy atom. The number of aromatic amines is 1. The lowest BCUT2D eigenvalue weighted by molar-refractivity contribution is 0.408. The fourth-order valence-corrected chi connectivity index (χ4v) is 5.57. The van der Waals surface area contributed by atoms with E-state index in [-0.39, 0.29) is 0 Å². The van der Waals surface area contributed by atoms with E-state index in [2.05, 4.69) is 16.3 Å². The molecule has 3 rings (SSSR count). The molecular weight excluding hydrogens is 414 g/mol. The van der Waals surface area contributed by atoms with Gasteiger partial charge < -0.3 is 4.98 Å². The number of rotatable bonds is 7. The molecule has 2 aromatic carbocycles. The molecule has 0 saturated carbocycles. The van der Waals surface area contributed by atoms with Gasteiger partial charge in [0.25, 0.3) is 10.0 Å². The fraction of sp³-hybridized carbons (Fsp3) is 0.200. The molecule has 2 N–H and O–H groups in total. The van der Waals surface area contributed by atoms with Crippen molar-refractivity contribution >= 4 is 50.0 Å². The highest BCUT2D eigenvalue weighted by Gasteiger charge is 2.26. The highest BCUT2D eigenvalue weighted by Crippen LogP contribution is 2.40. The van der Waals surface area contributed by atoms with Gasteiger partial charge in [-0.25, -0.2) is 8.42 Å². The molecule has 1 aromatic heterocycles. The van der Waals surface area contributed by atoms with Crippen LogP contribution in [0.1, 0.15) is 5.69 Å². The first-order valence-corrected chi connectivity index (χ1v) is 11.3. The lowest BCUT2D eigenvalue weighted by atomic mass is 10.2. The minimum atomic E-state index is -3.68. The molecule has 1 heterocycles. The maximum absolute atomic E-state index is 12.9. The zero-order valence-corrected chi connectivity index (χ0v) is 18.3. The van der Waals surface area contributed by atoms with Gasteiger partial charge in [-0.05, 0) is 57.4 Å². The average molecular weight is 436 g/mol. The highest BCUT2D eigenvalue weighted by atomic mass is 35.5. The van der Waals surface area contributed by atoms with Crippen molar-refractivity contribution in [3.63, 3.8) is 0 Å². The third-order valence-electron chi connectivity index (χ3n) is 4.27. The first-order chi connectivity index (χ1) is 13.2. The van der Waals surface area contributed by atoms with E-state index >= 15 is 0 Å². The van der Waals surface area contributed by atoms with Gasteiger partial charge in [0.2, 0.25) is 0 Å². The molecule has 0 spiro atoms. The molecule has 1 unspecified atom stereocenters. The average Bonchev–Trinajstić information content (AvgIpc) is 2.93. The second-order valence-electron chi connectivity index (χ2n) is 6.60. The van der Waals surface area contributed by atoms with Crippen molar-refractivity contribution in [3.05, 3.63) is 65.8 Å². The van der Waals surface area contributed by atoms with Crippen LogP contribution in [0.4, 0.5) is 5.69 Å². The van der Waals surface area contributed by atoms with Crippen LogP contribution < -0.4 is 4.72 Å². The number of hydrogen-bond donors (Lipinski definition) is 2. The van der Waals surface area contributed by atoms with Crippen LogP contribution in [0.25, 0.3) is 10.9 Å². The quantitative estimate of drug-likeness (QED) is 0.507. The lowest BCUT2D eigenvalue weighted by Crippen LogP contribution is -2.37. The number of benzene rings is 2. The SMILES string of the molecule is C=CC(N(C)C)S(=O)(=O)Nc1cccc2[nH]c(C)c(Sc3ccc(Cl)cc3)c12. The lowest BCUT2D eigenvalue weighted by Gasteiger charge is -2.22. The van der Waals surface area contributed by atoms with Crippen molar-refractivity contribution in [2.45, 2.75) is 22.1 Å². The molecular formula is C20H22ClN3O2S2. The Balaban J connectivity index is 2.07. The molecule has 1 atom stereocenters. The van der Waals surface area contributed by atoms with Crippen molar-refractivity contribution in [2.75, 3.05) is 18.8 Å². The van der Waals surface area contributed by atoms with Crippen LogP contribution in [0.5, 0.6) is 0 Å². The molecule has 0 bridgehead atoms. The number of sulfonamides is 1. The molecule has 0 aliphatic heterocycles. The first kappa shape index (κ1) is 20.8. The summed E-state index contributed by atoms with van der Waals surface area (Å²) >= 11 is 7.55. The van der Waals surface area contributed by atoms with E-state index in [1.165, 1.54) is 6.08 Å². The second kappa shape index (κ2) is 8.21. The maximum atomic E-state index is 12.9. The van der Waals surface area contributed by atoms with Gasteiger partial charge >= 0.3 is 0 Å². The van der Waals surface area contributed by atoms with Gasteiger partial charge in [-0.2, -0.15) is 0 Å². The summed E-state index contributed by atoms with van der Waals surface area (Å²) in [5, 5.41) is 0.674. The minimum Gasteiger partial charge on any atom is -0.358 e. The normalized spacial score (nSPS) is 13.0. The number of likely N-dealkylation sites (N-methyl/N-ethyl adjacent to an activating group) is 1. The zero-order valence-electron chi connectivity index (χ0n) is 15.9. The Kier molecular flexibility index (Phi) is 6.09. The molecule has 8 heteroatoms. The van der Waals surface area contributed by atoms with E-state index in [4.69, 9.17) is 11.6 Å². The van der Waals surface area contributed by atoms with Crippen LogP contribution in [-0.4, -0.2) is 37.8 Å². The monoisotopic (exact) mass is 435 g/mol. The number of nitrogens with one attached hydrogen (secondary N) is 2. The van der Waals surface area contributed by atoms with Crippen LogP contribution >= 0.6 is 23.4 Å². The summed E-state index contributed by atoms with van der Waals surface area (Å²) < 4.78 is 28.5. The molecule has 0 radical (unpaired) electrons.